The predicted molar refractivity (Wildman–Crippen MR) is 125 cm³/mol. The lowest BCUT2D eigenvalue weighted by molar-refractivity contribution is -0.124. The van der Waals surface area contributed by atoms with Crippen LogP contribution in [0.25, 0.3) is 0 Å². The number of hydrogen-bond acceptors (Lipinski definition) is 8. The molecule has 5 rings (SSSR count). The molecule has 0 saturated carbocycles. The lowest BCUT2D eigenvalue weighted by Gasteiger charge is -2.42. The summed E-state index contributed by atoms with van der Waals surface area (Å²) in [4.78, 5) is 37.9. The lowest BCUT2D eigenvalue weighted by Crippen LogP contribution is -2.62. The topological polar surface area (TPSA) is 153 Å². The second-order valence-corrected chi connectivity index (χ2v) is 10.8. The second kappa shape index (κ2) is 8.76. The molecular formula is C23H24N4O8S. The molecule has 2 aliphatic heterocycles. The molecule has 12 nitrogen and oxygen atoms in total. The van der Waals surface area contributed by atoms with Crippen LogP contribution in [0.15, 0.2) is 73.7 Å². The first-order valence-corrected chi connectivity index (χ1v) is 12.6. The highest BCUT2D eigenvalue weighted by atomic mass is 32.2. The van der Waals surface area contributed by atoms with Crippen molar-refractivity contribution in [2.75, 3.05) is 13.1 Å². The van der Waals surface area contributed by atoms with E-state index in [1.807, 2.05) is 6.92 Å². The molecule has 1 saturated heterocycles. The molecule has 13 heteroatoms. The fourth-order valence-corrected chi connectivity index (χ4v) is 6.17. The molecule has 4 heterocycles. The Labute approximate surface area is 205 Å². The van der Waals surface area contributed by atoms with E-state index in [2.05, 4.69) is 5.32 Å². The number of rotatable bonds is 5. The number of β-amino-alcohol motifs (C(OH)–C–C–N with tert-alkyl or cyclic N) is 1. The first-order chi connectivity index (χ1) is 17.1. The van der Waals surface area contributed by atoms with Gasteiger partial charge in [-0.2, -0.15) is 4.31 Å². The van der Waals surface area contributed by atoms with Gasteiger partial charge in [-0.1, -0.05) is 17.7 Å². The summed E-state index contributed by atoms with van der Waals surface area (Å²) < 4.78 is 40.6. The zero-order valence-electron chi connectivity index (χ0n) is 19.2. The van der Waals surface area contributed by atoms with Gasteiger partial charge < -0.3 is 19.6 Å². The number of sulfonamides is 1. The smallest absolute Gasteiger partial charge is 0.407 e. The highest BCUT2D eigenvalue weighted by Gasteiger charge is 2.59. The molecular weight excluding hydrogens is 492 g/mol. The van der Waals surface area contributed by atoms with Crippen molar-refractivity contribution >= 4 is 16.1 Å². The van der Waals surface area contributed by atoms with E-state index in [1.54, 1.807) is 24.3 Å². The van der Waals surface area contributed by atoms with Gasteiger partial charge in [-0.25, -0.2) is 22.6 Å². The Balaban J connectivity index is 1.49. The number of aliphatic hydroxyl groups is 1. The SMILES string of the molecule is Cc1ccc(S(=O)(=O)N2C[C@H]3n4c(=O)ccc(=O)n4C[C@H](OC(=O)NCc4ccco4)[C@@]3(O)C2)cc1. The van der Waals surface area contributed by atoms with Crippen LogP contribution in [-0.2, 0) is 27.8 Å². The van der Waals surface area contributed by atoms with Crippen molar-refractivity contribution in [2.45, 2.75) is 42.7 Å². The number of carbonyl (C=O) groups is 1. The first kappa shape index (κ1) is 24.0. The standard InChI is InChI=1S/C23H24N4O8S/c1-15-4-6-17(7-5-15)36(32,33)25-12-18-23(31,14-25)19(13-26-20(28)8-9-21(29)27(18)26)35-22(30)24-11-16-3-2-10-34-16/h2-10,18-19,31H,11-14H2,1H3,(H,24,30)/t18-,19+,23-/m1/s1. The van der Waals surface area contributed by atoms with Crippen molar-refractivity contribution < 1.29 is 27.5 Å². The number of furan rings is 1. The predicted octanol–water partition coefficient (Wildman–Crippen LogP) is 0.197. The molecule has 0 aliphatic carbocycles. The van der Waals surface area contributed by atoms with E-state index < -0.39 is 51.5 Å². The highest BCUT2D eigenvalue weighted by Crippen LogP contribution is 2.40. The molecule has 0 spiro atoms. The molecule has 1 aromatic carbocycles. The third kappa shape index (κ3) is 4.04. The average Bonchev–Trinajstić information content (AvgIpc) is 3.49. The maximum absolute atomic E-state index is 13.4. The summed E-state index contributed by atoms with van der Waals surface area (Å²) in [6, 6.07) is 10.5. The van der Waals surface area contributed by atoms with E-state index in [1.165, 1.54) is 18.4 Å². The summed E-state index contributed by atoms with van der Waals surface area (Å²) in [6.07, 6.45) is -0.778. The van der Waals surface area contributed by atoms with Crippen LogP contribution in [0.1, 0.15) is 17.4 Å². The van der Waals surface area contributed by atoms with E-state index in [4.69, 9.17) is 9.15 Å². The van der Waals surface area contributed by atoms with Crippen molar-refractivity contribution in [3.8, 4) is 0 Å². The average molecular weight is 517 g/mol. The Morgan fingerprint density at radius 3 is 2.56 bits per heavy atom. The Morgan fingerprint density at radius 2 is 1.86 bits per heavy atom. The number of aryl methyl sites for hydroxylation is 1. The highest BCUT2D eigenvalue weighted by molar-refractivity contribution is 7.89. The maximum atomic E-state index is 13.4. The van der Waals surface area contributed by atoms with Gasteiger partial charge in [-0.3, -0.25) is 9.59 Å². The quantitative estimate of drug-likeness (QED) is 0.488. The van der Waals surface area contributed by atoms with Crippen LogP contribution < -0.4 is 16.4 Å². The van der Waals surface area contributed by atoms with Gasteiger partial charge in [0.2, 0.25) is 10.0 Å². The van der Waals surface area contributed by atoms with E-state index in [9.17, 15) is 27.9 Å². The maximum Gasteiger partial charge on any atom is 0.407 e. The van der Waals surface area contributed by atoms with Crippen molar-refractivity contribution in [3.63, 3.8) is 0 Å². The van der Waals surface area contributed by atoms with Crippen LogP contribution in [0.5, 0.6) is 0 Å². The zero-order valence-corrected chi connectivity index (χ0v) is 20.1. The Morgan fingerprint density at radius 1 is 1.14 bits per heavy atom. The monoisotopic (exact) mass is 516 g/mol. The molecule has 2 aliphatic rings. The van der Waals surface area contributed by atoms with E-state index in [-0.39, 0.29) is 24.5 Å². The van der Waals surface area contributed by atoms with Crippen LogP contribution >= 0.6 is 0 Å². The molecule has 0 radical (unpaired) electrons. The normalized spacial score (nSPS) is 23.6. The van der Waals surface area contributed by atoms with E-state index >= 15 is 0 Å². The Hall–Kier alpha value is -3.68. The van der Waals surface area contributed by atoms with Crippen LogP contribution in [-0.4, -0.2) is 58.1 Å². The summed E-state index contributed by atoms with van der Waals surface area (Å²) >= 11 is 0. The van der Waals surface area contributed by atoms with Gasteiger partial charge in [0.1, 0.15) is 17.4 Å². The Bertz CT molecular complexity index is 1510. The van der Waals surface area contributed by atoms with Crippen LogP contribution in [0.3, 0.4) is 0 Å². The van der Waals surface area contributed by atoms with Gasteiger partial charge in [0.15, 0.2) is 6.10 Å². The largest absolute Gasteiger partial charge is 0.467 e. The number of amides is 1. The summed E-state index contributed by atoms with van der Waals surface area (Å²) in [5, 5.41) is 14.3. The number of aromatic nitrogens is 2. The summed E-state index contributed by atoms with van der Waals surface area (Å²) in [7, 11) is -4.07. The molecule has 2 aromatic heterocycles. The fraction of sp³-hybridized carbons (Fsp3) is 0.348. The summed E-state index contributed by atoms with van der Waals surface area (Å²) in [5.74, 6) is 0.469. The van der Waals surface area contributed by atoms with Gasteiger partial charge in [-0.15, -0.1) is 0 Å². The molecule has 190 valence electrons. The minimum absolute atomic E-state index is 0.0156. The number of ether oxygens (including phenoxy) is 1. The van der Waals surface area contributed by atoms with E-state index in [0.29, 0.717) is 5.76 Å². The minimum Gasteiger partial charge on any atom is -0.467 e. The van der Waals surface area contributed by atoms with Gasteiger partial charge in [0.05, 0.1) is 24.2 Å². The third-order valence-electron chi connectivity index (χ3n) is 6.58. The number of nitrogens with one attached hydrogen (secondary N) is 1. The van der Waals surface area contributed by atoms with Crippen LogP contribution in [0.4, 0.5) is 4.79 Å². The van der Waals surface area contributed by atoms with Gasteiger partial charge in [0.25, 0.3) is 11.1 Å². The number of nitrogens with zero attached hydrogens (tertiary/aromatic N) is 3. The van der Waals surface area contributed by atoms with Crippen LogP contribution in [0.2, 0.25) is 0 Å². The fourth-order valence-electron chi connectivity index (χ4n) is 4.68. The first-order valence-electron chi connectivity index (χ1n) is 11.2. The molecule has 36 heavy (non-hydrogen) atoms. The molecule has 1 fully saturated rings. The van der Waals surface area contributed by atoms with Crippen molar-refractivity contribution in [1.29, 1.82) is 0 Å². The zero-order chi connectivity index (χ0) is 25.7. The summed E-state index contributed by atoms with van der Waals surface area (Å²) in [6.45, 7) is 0.756. The third-order valence-corrected chi connectivity index (χ3v) is 8.40. The number of fused-ring (bicyclic) bond motifs is 3. The molecule has 0 unspecified atom stereocenters. The van der Waals surface area contributed by atoms with Gasteiger partial charge >= 0.3 is 6.09 Å². The Kier molecular flexibility index (Phi) is 5.85. The van der Waals surface area contributed by atoms with Crippen molar-refractivity contribution in [1.82, 2.24) is 19.0 Å². The van der Waals surface area contributed by atoms with Gasteiger partial charge in [0, 0.05) is 25.2 Å². The van der Waals surface area contributed by atoms with Gasteiger partial charge in [-0.05, 0) is 31.2 Å². The molecule has 0 bridgehead atoms. The molecule has 3 atom stereocenters. The number of alkyl carbamates (subject to hydrolysis) is 1. The number of hydrogen-bond donors (Lipinski definition) is 2. The number of carbonyl (C=O) groups excluding carboxylic acids is 1. The van der Waals surface area contributed by atoms with Crippen molar-refractivity contribution in [3.05, 3.63) is 86.8 Å². The molecule has 1 amide bonds. The molecule has 2 N–H and O–H groups in total. The number of benzene rings is 1. The second-order valence-electron chi connectivity index (χ2n) is 8.88. The van der Waals surface area contributed by atoms with E-state index in [0.717, 1.165) is 31.4 Å². The van der Waals surface area contributed by atoms with Crippen LogP contribution in [0, 0.1) is 6.92 Å². The summed E-state index contributed by atoms with van der Waals surface area (Å²) in [5.41, 5.74) is -2.25. The molecule has 3 aromatic rings. The van der Waals surface area contributed by atoms with Crippen molar-refractivity contribution in [2.24, 2.45) is 0 Å². The minimum atomic E-state index is -4.07. The lowest BCUT2D eigenvalue weighted by atomic mass is 9.89.